The highest BCUT2D eigenvalue weighted by Gasteiger charge is 2.78. The fourth-order valence-corrected chi connectivity index (χ4v) is 11.8. The first-order valence-corrected chi connectivity index (χ1v) is 12.3. The van der Waals surface area contributed by atoms with Crippen LogP contribution in [0.3, 0.4) is 0 Å². The second-order valence-electron chi connectivity index (χ2n) is 12.1. The van der Waals surface area contributed by atoms with Crippen molar-refractivity contribution >= 4 is 11.9 Å². The van der Waals surface area contributed by atoms with Crippen molar-refractivity contribution in [2.24, 2.45) is 82.9 Å². The van der Waals surface area contributed by atoms with Crippen LogP contribution in [0.4, 0.5) is 0 Å². The number of fused-ring (bicyclic) bond motifs is 23. The van der Waals surface area contributed by atoms with Crippen LogP contribution in [0, 0.1) is 82.9 Å². The molecular weight excluding hydrogens is 380 g/mol. The standard InChI is InChI=1S/C25H30O5/c26-16(27)6-10-11(7-17(28)29)13-4-12(10)20-21(13)25-23-15-5-14(22(23)24(20)30-25)18-8-1-2-9(3-8)19(15)18/h1-2,8-15,18-25H,3-7H2,(H,26,27)(H,28,29). The summed E-state index contributed by atoms with van der Waals surface area (Å²) in [7, 11) is 0. The van der Waals surface area contributed by atoms with E-state index in [1.165, 1.54) is 12.8 Å². The number of ether oxygens (including phenoxy) is 1. The smallest absolute Gasteiger partial charge is 0.303 e. The molecule has 16 atom stereocenters. The predicted octanol–water partition coefficient (Wildman–Crippen LogP) is 3.15. The quantitative estimate of drug-likeness (QED) is 0.549. The van der Waals surface area contributed by atoms with Crippen LogP contribution in [0.5, 0.6) is 0 Å². The molecule has 8 aliphatic rings. The molecular formula is C25H30O5. The normalized spacial score (nSPS) is 64.1. The van der Waals surface area contributed by atoms with Gasteiger partial charge in [0.2, 0.25) is 0 Å². The summed E-state index contributed by atoms with van der Waals surface area (Å²) in [5.41, 5.74) is 0. The highest BCUT2D eigenvalue weighted by Crippen LogP contribution is 2.78. The average molecular weight is 411 g/mol. The zero-order valence-corrected chi connectivity index (χ0v) is 17.0. The minimum Gasteiger partial charge on any atom is -0.481 e. The molecule has 6 aliphatic carbocycles. The maximum Gasteiger partial charge on any atom is 0.303 e. The highest BCUT2D eigenvalue weighted by atomic mass is 16.5. The SMILES string of the molecule is O=C(O)CC1C(CC(=O)O)C2CC1C1C3OC(C21)C1C2CC(C4C5C=CC(C5)C24)C31. The van der Waals surface area contributed by atoms with Gasteiger partial charge < -0.3 is 14.9 Å². The van der Waals surface area contributed by atoms with Gasteiger partial charge in [0, 0.05) is 12.8 Å². The van der Waals surface area contributed by atoms with Crippen molar-refractivity contribution in [3.63, 3.8) is 0 Å². The Morgan fingerprint density at radius 1 is 0.667 bits per heavy atom. The Hall–Kier alpha value is -1.36. The molecule has 2 aliphatic heterocycles. The second-order valence-corrected chi connectivity index (χ2v) is 12.1. The molecule has 5 heteroatoms. The van der Waals surface area contributed by atoms with Crippen LogP contribution in [0.15, 0.2) is 12.2 Å². The molecule has 2 heterocycles. The monoisotopic (exact) mass is 410 g/mol. The Labute approximate surface area is 176 Å². The van der Waals surface area contributed by atoms with E-state index in [9.17, 15) is 19.8 Å². The summed E-state index contributed by atoms with van der Waals surface area (Å²) in [5, 5.41) is 19.1. The highest BCUT2D eigenvalue weighted by molar-refractivity contribution is 5.69. The van der Waals surface area contributed by atoms with Crippen molar-refractivity contribution in [1.82, 2.24) is 0 Å². The largest absolute Gasteiger partial charge is 0.481 e. The van der Waals surface area contributed by atoms with Gasteiger partial charge in [-0.2, -0.15) is 0 Å². The molecule has 160 valence electrons. The lowest BCUT2D eigenvalue weighted by molar-refractivity contribution is -0.144. The van der Waals surface area contributed by atoms with E-state index in [2.05, 4.69) is 12.2 Å². The average Bonchev–Trinajstić information content (AvgIpc) is 3.49. The summed E-state index contributed by atoms with van der Waals surface area (Å²) in [5.74, 6) is 6.74. The molecule has 0 aromatic rings. The van der Waals surface area contributed by atoms with Gasteiger partial charge in [0.05, 0.1) is 12.2 Å². The van der Waals surface area contributed by atoms with Crippen molar-refractivity contribution in [2.45, 2.75) is 44.3 Å². The van der Waals surface area contributed by atoms with E-state index in [-0.39, 0.29) is 24.7 Å². The molecule has 0 aromatic heterocycles. The second kappa shape index (κ2) is 5.33. The van der Waals surface area contributed by atoms with Crippen LogP contribution in [0.1, 0.15) is 32.1 Å². The minimum atomic E-state index is -0.766. The minimum absolute atomic E-state index is 0.0306. The molecule has 0 radical (unpaired) electrons. The van der Waals surface area contributed by atoms with Crippen LogP contribution < -0.4 is 0 Å². The van der Waals surface area contributed by atoms with Crippen LogP contribution in [-0.2, 0) is 14.3 Å². The van der Waals surface area contributed by atoms with E-state index in [4.69, 9.17) is 4.74 Å². The number of aliphatic carboxylic acids is 2. The van der Waals surface area contributed by atoms with E-state index < -0.39 is 11.9 Å². The van der Waals surface area contributed by atoms with Gasteiger partial charge in [-0.05, 0) is 102 Å². The van der Waals surface area contributed by atoms with Crippen LogP contribution in [-0.4, -0.2) is 34.4 Å². The fraction of sp³-hybridized carbons (Fsp3) is 0.840. The number of carboxylic acids is 2. The van der Waals surface area contributed by atoms with Gasteiger partial charge in [-0.1, -0.05) is 12.2 Å². The fourth-order valence-electron chi connectivity index (χ4n) is 11.8. The van der Waals surface area contributed by atoms with Crippen molar-refractivity contribution in [1.29, 1.82) is 0 Å². The molecule has 0 amide bonds. The number of hydrogen-bond donors (Lipinski definition) is 2. The van der Waals surface area contributed by atoms with Gasteiger partial charge in [-0.3, -0.25) is 9.59 Å². The molecule has 0 spiro atoms. The Kier molecular flexibility index (Phi) is 3.06. The third kappa shape index (κ3) is 1.76. The van der Waals surface area contributed by atoms with Gasteiger partial charge >= 0.3 is 11.9 Å². The first kappa shape index (κ1) is 17.2. The Morgan fingerprint density at radius 2 is 1.10 bits per heavy atom. The van der Waals surface area contributed by atoms with Crippen LogP contribution in [0.2, 0.25) is 0 Å². The molecule has 2 saturated heterocycles. The lowest BCUT2D eigenvalue weighted by Crippen LogP contribution is -2.51. The summed E-state index contributed by atoms with van der Waals surface area (Å²) in [6.07, 6.45) is 9.81. The number of carboxylic acid groups (broad SMARTS) is 2. The molecule has 5 saturated carbocycles. The number of carbonyl (C=O) groups is 2. The molecule has 5 nitrogen and oxygen atoms in total. The number of hydrogen-bond acceptors (Lipinski definition) is 3. The first-order chi connectivity index (χ1) is 14.5. The van der Waals surface area contributed by atoms with Gasteiger partial charge in [0.25, 0.3) is 0 Å². The van der Waals surface area contributed by atoms with Crippen LogP contribution in [0.25, 0.3) is 0 Å². The van der Waals surface area contributed by atoms with Crippen molar-refractivity contribution in [3.05, 3.63) is 12.2 Å². The Morgan fingerprint density at radius 3 is 1.57 bits per heavy atom. The maximum atomic E-state index is 11.6. The van der Waals surface area contributed by atoms with E-state index in [0.717, 1.165) is 41.9 Å². The van der Waals surface area contributed by atoms with E-state index in [1.807, 2.05) is 0 Å². The molecule has 7 fully saturated rings. The molecule has 2 N–H and O–H groups in total. The predicted molar refractivity (Wildman–Crippen MR) is 105 cm³/mol. The van der Waals surface area contributed by atoms with E-state index in [1.54, 1.807) is 0 Å². The maximum absolute atomic E-state index is 11.6. The molecule has 0 aromatic carbocycles. The molecule has 16 unspecified atom stereocenters. The van der Waals surface area contributed by atoms with Crippen LogP contribution >= 0.6 is 0 Å². The van der Waals surface area contributed by atoms with Crippen molar-refractivity contribution in [3.8, 4) is 0 Å². The van der Waals surface area contributed by atoms with Crippen molar-refractivity contribution < 1.29 is 24.5 Å². The third-order valence-corrected chi connectivity index (χ3v) is 11.8. The number of rotatable bonds is 4. The molecule has 8 bridgehead atoms. The molecule has 8 rings (SSSR count). The summed E-state index contributed by atoms with van der Waals surface area (Å²) in [4.78, 5) is 23.2. The van der Waals surface area contributed by atoms with Crippen molar-refractivity contribution in [2.75, 3.05) is 0 Å². The Balaban J connectivity index is 1.15. The third-order valence-electron chi connectivity index (χ3n) is 11.8. The van der Waals surface area contributed by atoms with Gasteiger partial charge in [0.15, 0.2) is 0 Å². The first-order valence-electron chi connectivity index (χ1n) is 12.3. The summed E-state index contributed by atoms with van der Waals surface area (Å²) >= 11 is 0. The zero-order chi connectivity index (χ0) is 20.0. The zero-order valence-electron chi connectivity index (χ0n) is 17.0. The summed E-state index contributed by atoms with van der Waals surface area (Å²) in [6.45, 7) is 0. The van der Waals surface area contributed by atoms with Gasteiger partial charge in [-0.25, -0.2) is 0 Å². The topological polar surface area (TPSA) is 83.8 Å². The van der Waals surface area contributed by atoms with Gasteiger partial charge in [-0.15, -0.1) is 0 Å². The lowest BCUT2D eigenvalue weighted by Gasteiger charge is -2.49. The summed E-state index contributed by atoms with van der Waals surface area (Å²) in [6, 6.07) is 0. The Bertz CT molecular complexity index is 815. The molecule has 30 heavy (non-hydrogen) atoms. The summed E-state index contributed by atoms with van der Waals surface area (Å²) < 4.78 is 6.82. The number of allylic oxidation sites excluding steroid dienone is 2. The lowest BCUT2D eigenvalue weighted by atomic mass is 9.53. The van der Waals surface area contributed by atoms with E-state index in [0.29, 0.717) is 47.7 Å². The van der Waals surface area contributed by atoms with Gasteiger partial charge in [0.1, 0.15) is 0 Å². The van der Waals surface area contributed by atoms with E-state index >= 15 is 0 Å².